The van der Waals surface area contributed by atoms with Crippen LogP contribution in [0.4, 0.5) is 10.5 Å². The van der Waals surface area contributed by atoms with Gasteiger partial charge in [-0.15, -0.1) is 0 Å². The lowest BCUT2D eigenvalue weighted by Gasteiger charge is -2.18. The molecule has 2 amide bonds. The van der Waals surface area contributed by atoms with Crippen molar-refractivity contribution in [2.24, 2.45) is 0 Å². The fourth-order valence-corrected chi connectivity index (χ4v) is 3.74. The van der Waals surface area contributed by atoms with Crippen LogP contribution in [0, 0.1) is 10.1 Å². The van der Waals surface area contributed by atoms with Crippen molar-refractivity contribution >= 4 is 40.6 Å². The molecule has 1 aliphatic rings. The van der Waals surface area contributed by atoms with Gasteiger partial charge in [0.05, 0.1) is 16.9 Å². The van der Waals surface area contributed by atoms with Crippen molar-refractivity contribution in [3.63, 3.8) is 0 Å². The van der Waals surface area contributed by atoms with Crippen LogP contribution in [0.2, 0.25) is 0 Å². The van der Waals surface area contributed by atoms with E-state index in [9.17, 15) is 24.5 Å². The number of rotatable bonds is 7. The van der Waals surface area contributed by atoms with Crippen molar-refractivity contribution in [1.82, 2.24) is 4.90 Å². The van der Waals surface area contributed by atoms with Crippen molar-refractivity contribution in [3.8, 4) is 5.75 Å². The van der Waals surface area contributed by atoms with Crippen LogP contribution in [-0.4, -0.2) is 40.1 Å². The molecule has 31 heavy (non-hydrogen) atoms. The number of ether oxygens (including phenoxy) is 2. The topological polar surface area (TPSA) is 116 Å². The van der Waals surface area contributed by atoms with Gasteiger partial charge in [0.25, 0.3) is 16.8 Å². The molecule has 0 saturated carbocycles. The Morgan fingerprint density at radius 2 is 1.94 bits per heavy atom. The van der Waals surface area contributed by atoms with E-state index in [0.29, 0.717) is 16.9 Å². The van der Waals surface area contributed by atoms with Crippen molar-refractivity contribution in [2.75, 3.05) is 7.11 Å². The van der Waals surface area contributed by atoms with Gasteiger partial charge in [-0.2, -0.15) is 0 Å². The summed E-state index contributed by atoms with van der Waals surface area (Å²) in [5.41, 5.74) is 1.32. The fourth-order valence-electron chi connectivity index (χ4n) is 2.83. The Morgan fingerprint density at radius 1 is 1.23 bits per heavy atom. The summed E-state index contributed by atoms with van der Waals surface area (Å²) in [6, 6.07) is 12.0. The molecule has 2 aromatic rings. The Hall–Kier alpha value is -3.66. The third kappa shape index (κ3) is 5.10. The molecule has 0 radical (unpaired) electrons. The van der Waals surface area contributed by atoms with E-state index in [2.05, 4.69) is 4.74 Å². The third-order valence-electron chi connectivity index (χ3n) is 4.46. The van der Waals surface area contributed by atoms with Gasteiger partial charge in [-0.05, 0) is 48.0 Å². The number of nitro groups is 1. The number of nitrogens with zero attached hydrogens (tertiary/aromatic N) is 2. The van der Waals surface area contributed by atoms with Crippen LogP contribution >= 0.6 is 11.8 Å². The molecule has 1 atom stereocenters. The number of benzene rings is 2. The lowest BCUT2D eigenvalue weighted by Crippen LogP contribution is -2.42. The van der Waals surface area contributed by atoms with Gasteiger partial charge in [-0.25, -0.2) is 4.79 Å². The Bertz CT molecular complexity index is 1070. The molecular formula is C21H18N2O7S. The van der Waals surface area contributed by atoms with Crippen LogP contribution in [0.3, 0.4) is 0 Å². The lowest BCUT2D eigenvalue weighted by atomic mass is 10.2. The summed E-state index contributed by atoms with van der Waals surface area (Å²) in [7, 11) is 1.19. The van der Waals surface area contributed by atoms with E-state index in [-0.39, 0.29) is 17.2 Å². The standard InChI is InChI=1S/C21H18N2O7S/c1-13(20(25)29-2)22-19(24)18(31-21(22)26)11-14-6-8-17(9-7-14)30-12-15-4-3-5-16(10-15)23(27)28/h3-11,13H,12H2,1-2H3/b18-11+/t13-/m0/s1. The molecule has 10 heteroatoms. The largest absolute Gasteiger partial charge is 0.489 e. The van der Waals surface area contributed by atoms with Crippen LogP contribution in [0.15, 0.2) is 53.4 Å². The summed E-state index contributed by atoms with van der Waals surface area (Å²) < 4.78 is 10.2. The molecule has 1 aliphatic heterocycles. The summed E-state index contributed by atoms with van der Waals surface area (Å²) in [6.07, 6.45) is 1.55. The van der Waals surface area contributed by atoms with Crippen LogP contribution in [-0.2, 0) is 20.9 Å². The quantitative estimate of drug-likeness (QED) is 0.275. The molecule has 0 N–H and O–H groups in total. The smallest absolute Gasteiger partial charge is 0.328 e. The average Bonchev–Trinajstić information content (AvgIpc) is 3.05. The monoisotopic (exact) mass is 442 g/mol. The Morgan fingerprint density at radius 3 is 2.58 bits per heavy atom. The number of hydrogen-bond acceptors (Lipinski definition) is 8. The number of methoxy groups -OCH3 is 1. The van der Waals surface area contributed by atoms with E-state index in [1.807, 2.05) is 0 Å². The van der Waals surface area contributed by atoms with E-state index in [1.54, 1.807) is 42.5 Å². The first-order chi connectivity index (χ1) is 14.8. The summed E-state index contributed by atoms with van der Waals surface area (Å²) in [5, 5.41) is 10.3. The van der Waals surface area contributed by atoms with E-state index in [1.165, 1.54) is 26.2 Å². The van der Waals surface area contributed by atoms with Crippen LogP contribution < -0.4 is 4.74 Å². The third-order valence-corrected chi connectivity index (χ3v) is 5.34. The van der Waals surface area contributed by atoms with Crippen molar-refractivity contribution in [3.05, 3.63) is 74.7 Å². The predicted molar refractivity (Wildman–Crippen MR) is 113 cm³/mol. The molecule has 2 aromatic carbocycles. The second kappa shape index (κ2) is 9.43. The highest BCUT2D eigenvalue weighted by atomic mass is 32.2. The maximum atomic E-state index is 12.5. The summed E-state index contributed by atoms with van der Waals surface area (Å²) in [6.45, 7) is 1.59. The zero-order valence-corrected chi connectivity index (χ0v) is 17.5. The zero-order chi connectivity index (χ0) is 22.5. The van der Waals surface area contributed by atoms with Gasteiger partial charge in [0.1, 0.15) is 18.4 Å². The number of thioether (sulfide) groups is 1. The minimum atomic E-state index is -1.01. The molecule has 3 rings (SSSR count). The van der Waals surface area contributed by atoms with Crippen molar-refractivity contribution in [2.45, 2.75) is 19.6 Å². The number of non-ortho nitro benzene ring substituents is 1. The normalized spacial score (nSPS) is 15.8. The molecule has 1 heterocycles. The Kier molecular flexibility index (Phi) is 6.71. The van der Waals surface area contributed by atoms with Crippen molar-refractivity contribution < 1.29 is 28.8 Å². The first kappa shape index (κ1) is 22.0. The molecule has 0 bridgehead atoms. The summed E-state index contributed by atoms with van der Waals surface area (Å²) in [4.78, 5) is 47.8. The van der Waals surface area contributed by atoms with Gasteiger partial charge in [0, 0.05) is 12.1 Å². The highest BCUT2D eigenvalue weighted by Gasteiger charge is 2.41. The predicted octanol–water partition coefficient (Wildman–Crippen LogP) is 3.77. The second-order valence-electron chi connectivity index (χ2n) is 6.54. The minimum Gasteiger partial charge on any atom is -0.489 e. The van der Waals surface area contributed by atoms with Gasteiger partial charge >= 0.3 is 5.97 Å². The van der Waals surface area contributed by atoms with Crippen LogP contribution in [0.5, 0.6) is 5.75 Å². The number of carbonyl (C=O) groups is 3. The first-order valence-electron chi connectivity index (χ1n) is 9.11. The molecule has 0 aromatic heterocycles. The van der Waals surface area contributed by atoms with E-state index in [0.717, 1.165) is 16.7 Å². The highest BCUT2D eigenvalue weighted by molar-refractivity contribution is 8.18. The number of carbonyl (C=O) groups excluding carboxylic acids is 3. The molecule has 9 nitrogen and oxygen atoms in total. The zero-order valence-electron chi connectivity index (χ0n) is 16.6. The molecule has 1 fully saturated rings. The number of amides is 2. The SMILES string of the molecule is COC(=O)[C@H](C)N1C(=O)S/C(=C/c2ccc(OCc3cccc([N+](=O)[O-])c3)cc2)C1=O. The van der Waals surface area contributed by atoms with Crippen molar-refractivity contribution in [1.29, 1.82) is 0 Å². The number of hydrogen-bond donors (Lipinski definition) is 0. The maximum Gasteiger partial charge on any atom is 0.328 e. The molecule has 160 valence electrons. The minimum absolute atomic E-state index is 0.00749. The molecule has 0 aliphatic carbocycles. The van der Waals surface area contributed by atoms with Crippen LogP contribution in [0.1, 0.15) is 18.1 Å². The fraction of sp³-hybridized carbons (Fsp3) is 0.190. The van der Waals surface area contributed by atoms with Gasteiger partial charge in [0.2, 0.25) is 0 Å². The Labute approximate surface area is 181 Å². The number of esters is 1. The lowest BCUT2D eigenvalue weighted by molar-refractivity contribution is -0.384. The second-order valence-corrected chi connectivity index (χ2v) is 7.53. The first-order valence-corrected chi connectivity index (χ1v) is 9.93. The van der Waals surface area contributed by atoms with Gasteiger partial charge < -0.3 is 9.47 Å². The van der Waals surface area contributed by atoms with Gasteiger partial charge in [0.15, 0.2) is 0 Å². The number of nitro benzene ring substituents is 1. The highest BCUT2D eigenvalue weighted by Crippen LogP contribution is 2.34. The van der Waals surface area contributed by atoms with E-state index < -0.39 is 28.1 Å². The Balaban J connectivity index is 1.66. The van der Waals surface area contributed by atoms with Gasteiger partial charge in [-0.3, -0.25) is 24.6 Å². The number of imide groups is 1. The molecule has 0 spiro atoms. The van der Waals surface area contributed by atoms with E-state index in [4.69, 9.17) is 4.74 Å². The average molecular weight is 442 g/mol. The molecular weight excluding hydrogens is 424 g/mol. The van der Waals surface area contributed by atoms with E-state index >= 15 is 0 Å². The summed E-state index contributed by atoms with van der Waals surface area (Å²) in [5.74, 6) is -0.691. The maximum absolute atomic E-state index is 12.5. The molecule has 1 saturated heterocycles. The molecule has 0 unspecified atom stereocenters. The summed E-state index contributed by atoms with van der Waals surface area (Å²) >= 11 is 0.753. The van der Waals surface area contributed by atoms with Crippen LogP contribution in [0.25, 0.3) is 6.08 Å². The van der Waals surface area contributed by atoms with Gasteiger partial charge in [-0.1, -0.05) is 24.3 Å².